The van der Waals surface area contributed by atoms with E-state index in [4.69, 9.17) is 9.47 Å². The number of alkyl carbamates (subject to hydrolysis) is 1. The zero-order valence-electron chi connectivity index (χ0n) is 12.3. The Balaban J connectivity index is 2.50. The largest absolute Gasteiger partial charge is 0.491 e. The van der Waals surface area contributed by atoms with Gasteiger partial charge in [0.25, 0.3) is 0 Å². The molecule has 1 atom stereocenters. The van der Waals surface area contributed by atoms with Gasteiger partial charge in [-0.1, -0.05) is 0 Å². The van der Waals surface area contributed by atoms with Crippen molar-refractivity contribution in [3.05, 3.63) is 28.2 Å². The minimum absolute atomic E-state index is 0.0473. The first-order valence-electron chi connectivity index (χ1n) is 6.35. The van der Waals surface area contributed by atoms with E-state index in [-0.39, 0.29) is 22.9 Å². The summed E-state index contributed by atoms with van der Waals surface area (Å²) in [7, 11) is 0. The van der Waals surface area contributed by atoms with Gasteiger partial charge in [-0.05, 0) is 43.6 Å². The van der Waals surface area contributed by atoms with Crippen molar-refractivity contribution in [1.29, 1.82) is 0 Å². The highest BCUT2D eigenvalue weighted by molar-refractivity contribution is 9.10. The highest BCUT2D eigenvalue weighted by Gasteiger charge is 2.18. The Morgan fingerprint density at radius 2 is 1.86 bits per heavy atom. The molecule has 0 saturated heterocycles. The third-order valence-corrected chi connectivity index (χ3v) is 2.98. The molecule has 0 saturated carbocycles. The van der Waals surface area contributed by atoms with Gasteiger partial charge in [-0.25, -0.2) is 13.6 Å². The molecule has 0 spiro atoms. The van der Waals surface area contributed by atoms with Crippen LogP contribution in [0.2, 0.25) is 0 Å². The predicted octanol–water partition coefficient (Wildman–Crippen LogP) is 4.02. The van der Waals surface area contributed by atoms with E-state index in [9.17, 15) is 13.6 Å². The van der Waals surface area contributed by atoms with E-state index < -0.39 is 23.3 Å². The first kappa shape index (κ1) is 17.7. The van der Waals surface area contributed by atoms with Crippen LogP contribution in [0.5, 0.6) is 5.75 Å². The van der Waals surface area contributed by atoms with Crippen LogP contribution in [0.3, 0.4) is 0 Å². The van der Waals surface area contributed by atoms with E-state index in [1.807, 2.05) is 0 Å². The molecule has 0 unspecified atom stereocenters. The molecule has 21 heavy (non-hydrogen) atoms. The molecule has 0 aliphatic rings. The number of rotatable bonds is 4. The lowest BCUT2D eigenvalue weighted by molar-refractivity contribution is 0.0493. The number of nitrogens with one attached hydrogen (secondary N) is 1. The summed E-state index contributed by atoms with van der Waals surface area (Å²) in [6.07, 6.45) is -0.577. The Morgan fingerprint density at radius 1 is 1.33 bits per heavy atom. The van der Waals surface area contributed by atoms with Gasteiger partial charge in [-0.2, -0.15) is 0 Å². The molecule has 7 heteroatoms. The molecule has 0 aliphatic carbocycles. The first-order chi connectivity index (χ1) is 9.58. The van der Waals surface area contributed by atoms with Gasteiger partial charge < -0.3 is 14.8 Å². The summed E-state index contributed by atoms with van der Waals surface area (Å²) in [5.74, 6) is -1.46. The molecular weight excluding hydrogens is 348 g/mol. The normalized spacial score (nSPS) is 12.7. The lowest BCUT2D eigenvalue weighted by Gasteiger charge is -2.22. The molecule has 4 nitrogen and oxygen atoms in total. The Labute approximate surface area is 130 Å². The van der Waals surface area contributed by atoms with Gasteiger partial charge in [0, 0.05) is 12.1 Å². The maximum Gasteiger partial charge on any atom is 0.407 e. The summed E-state index contributed by atoms with van der Waals surface area (Å²) in [4.78, 5) is 11.5. The van der Waals surface area contributed by atoms with Crippen LogP contribution in [-0.4, -0.2) is 24.3 Å². The fraction of sp³-hybridized carbons (Fsp3) is 0.500. The van der Waals surface area contributed by atoms with Crippen LogP contribution < -0.4 is 10.1 Å². The average molecular weight is 366 g/mol. The summed E-state index contributed by atoms with van der Waals surface area (Å²) in [5.41, 5.74) is -0.595. The SMILES string of the molecule is C[C@@H](COc1cc(F)c(Br)c(F)c1)NC(=O)OC(C)(C)C. The third-order valence-electron chi connectivity index (χ3n) is 2.22. The van der Waals surface area contributed by atoms with Crippen molar-refractivity contribution in [2.45, 2.75) is 39.3 Å². The molecule has 0 bridgehead atoms. The van der Waals surface area contributed by atoms with Crippen LogP contribution in [0, 0.1) is 11.6 Å². The van der Waals surface area contributed by atoms with Crippen LogP contribution >= 0.6 is 15.9 Å². The molecule has 0 fully saturated rings. The summed E-state index contributed by atoms with van der Waals surface area (Å²) >= 11 is 2.77. The summed E-state index contributed by atoms with van der Waals surface area (Å²) in [6.45, 7) is 7.00. The van der Waals surface area contributed by atoms with Gasteiger partial charge in [0.2, 0.25) is 0 Å². The molecule has 0 aromatic heterocycles. The van der Waals surface area contributed by atoms with E-state index in [0.29, 0.717) is 0 Å². The number of hydrogen-bond acceptors (Lipinski definition) is 3. The Hall–Kier alpha value is -1.37. The lowest BCUT2D eigenvalue weighted by atomic mass is 10.2. The molecule has 0 radical (unpaired) electrons. The van der Waals surface area contributed by atoms with E-state index >= 15 is 0 Å². The van der Waals surface area contributed by atoms with Gasteiger partial charge in [0.05, 0.1) is 10.5 Å². The second-order valence-electron chi connectivity index (χ2n) is 5.56. The molecule has 1 amide bonds. The quantitative estimate of drug-likeness (QED) is 0.819. The van der Waals surface area contributed by atoms with Crippen LogP contribution in [-0.2, 0) is 4.74 Å². The second-order valence-corrected chi connectivity index (χ2v) is 6.35. The highest BCUT2D eigenvalue weighted by Crippen LogP contribution is 2.25. The Kier molecular flexibility index (Phi) is 5.95. The van der Waals surface area contributed by atoms with Crippen LogP contribution in [0.4, 0.5) is 13.6 Å². The van der Waals surface area contributed by atoms with Crippen molar-refractivity contribution in [2.24, 2.45) is 0 Å². The zero-order chi connectivity index (χ0) is 16.2. The van der Waals surface area contributed by atoms with Crippen molar-refractivity contribution in [2.75, 3.05) is 6.61 Å². The topological polar surface area (TPSA) is 47.6 Å². The second kappa shape index (κ2) is 7.06. The van der Waals surface area contributed by atoms with Gasteiger partial charge in [0.1, 0.15) is 29.6 Å². The first-order valence-corrected chi connectivity index (χ1v) is 7.14. The van der Waals surface area contributed by atoms with Gasteiger partial charge in [0.15, 0.2) is 0 Å². The minimum atomic E-state index is -0.752. The fourth-order valence-corrected chi connectivity index (χ4v) is 1.62. The summed E-state index contributed by atoms with van der Waals surface area (Å²) in [5, 5.41) is 2.56. The lowest BCUT2D eigenvalue weighted by Crippen LogP contribution is -2.40. The molecule has 118 valence electrons. The number of halogens is 3. The number of carbonyl (C=O) groups excluding carboxylic acids is 1. The molecule has 1 N–H and O–H groups in total. The highest BCUT2D eigenvalue weighted by atomic mass is 79.9. The minimum Gasteiger partial charge on any atom is -0.491 e. The van der Waals surface area contributed by atoms with Crippen molar-refractivity contribution in [1.82, 2.24) is 5.32 Å². The number of carbonyl (C=O) groups is 1. The maximum atomic E-state index is 13.3. The smallest absolute Gasteiger partial charge is 0.407 e. The molecule has 1 aromatic rings. The van der Waals surface area contributed by atoms with Crippen molar-refractivity contribution in [3.63, 3.8) is 0 Å². The van der Waals surface area contributed by atoms with E-state index in [1.54, 1.807) is 27.7 Å². The average Bonchev–Trinajstić information content (AvgIpc) is 2.30. The maximum absolute atomic E-state index is 13.3. The van der Waals surface area contributed by atoms with E-state index in [0.717, 1.165) is 12.1 Å². The van der Waals surface area contributed by atoms with E-state index in [1.165, 1.54) is 0 Å². The monoisotopic (exact) mass is 365 g/mol. The Morgan fingerprint density at radius 3 is 2.33 bits per heavy atom. The standard InChI is InChI=1S/C14H18BrF2NO3/c1-8(18-13(19)21-14(2,3)4)7-20-9-5-10(16)12(15)11(17)6-9/h5-6,8H,7H2,1-4H3,(H,18,19)/t8-/m0/s1. The Bertz CT molecular complexity index is 494. The number of amides is 1. The predicted molar refractivity (Wildman–Crippen MR) is 78.4 cm³/mol. The molecular formula is C14H18BrF2NO3. The summed E-state index contributed by atoms with van der Waals surface area (Å²) in [6, 6.07) is 1.75. The van der Waals surface area contributed by atoms with Gasteiger partial charge >= 0.3 is 6.09 Å². The molecule has 1 rings (SSSR count). The number of benzene rings is 1. The third kappa shape index (κ3) is 6.29. The number of hydrogen-bond donors (Lipinski definition) is 1. The summed E-state index contributed by atoms with van der Waals surface area (Å²) < 4.78 is 36.7. The van der Waals surface area contributed by atoms with Crippen molar-refractivity contribution < 1.29 is 23.0 Å². The van der Waals surface area contributed by atoms with Crippen LogP contribution in [0.15, 0.2) is 16.6 Å². The van der Waals surface area contributed by atoms with Crippen LogP contribution in [0.1, 0.15) is 27.7 Å². The van der Waals surface area contributed by atoms with E-state index in [2.05, 4.69) is 21.2 Å². The number of ether oxygens (including phenoxy) is 2. The molecule has 0 heterocycles. The van der Waals surface area contributed by atoms with Crippen molar-refractivity contribution >= 4 is 22.0 Å². The van der Waals surface area contributed by atoms with Crippen LogP contribution in [0.25, 0.3) is 0 Å². The van der Waals surface area contributed by atoms with Gasteiger partial charge in [-0.3, -0.25) is 0 Å². The zero-order valence-corrected chi connectivity index (χ0v) is 13.9. The molecule has 1 aromatic carbocycles. The fourth-order valence-electron chi connectivity index (χ4n) is 1.39. The van der Waals surface area contributed by atoms with Crippen molar-refractivity contribution in [3.8, 4) is 5.75 Å². The van der Waals surface area contributed by atoms with Gasteiger partial charge in [-0.15, -0.1) is 0 Å². The molecule has 0 aliphatic heterocycles.